The fourth-order valence-electron chi connectivity index (χ4n) is 2.97. The van der Waals surface area contributed by atoms with Crippen LogP contribution in [-0.2, 0) is 9.84 Å². The summed E-state index contributed by atoms with van der Waals surface area (Å²) in [5.41, 5.74) is 2.18. The van der Waals surface area contributed by atoms with Crippen LogP contribution in [0.5, 0.6) is 0 Å². The first-order valence-electron chi connectivity index (χ1n) is 7.54. The zero-order valence-electron chi connectivity index (χ0n) is 12.8. The topological polar surface area (TPSA) is 46.2 Å². The lowest BCUT2D eigenvalue weighted by Gasteiger charge is -2.19. The summed E-state index contributed by atoms with van der Waals surface area (Å²) in [5, 5.41) is 3.10. The zero-order valence-corrected chi connectivity index (χ0v) is 13.6. The number of hydrogen-bond donors (Lipinski definition) is 1. The van der Waals surface area contributed by atoms with Gasteiger partial charge in [0.15, 0.2) is 9.84 Å². The lowest BCUT2D eigenvalue weighted by Crippen LogP contribution is -2.31. The monoisotopic (exact) mass is 295 g/mol. The van der Waals surface area contributed by atoms with Crippen LogP contribution in [0.3, 0.4) is 0 Å². The quantitative estimate of drug-likeness (QED) is 0.905. The highest BCUT2D eigenvalue weighted by atomic mass is 32.2. The van der Waals surface area contributed by atoms with Crippen molar-refractivity contribution in [1.82, 2.24) is 5.32 Å². The molecule has 1 aromatic rings. The molecule has 112 valence electrons. The van der Waals surface area contributed by atoms with Crippen molar-refractivity contribution in [3.05, 3.63) is 29.3 Å². The van der Waals surface area contributed by atoms with Gasteiger partial charge in [0.1, 0.15) is 0 Å². The maximum atomic E-state index is 12.6. The van der Waals surface area contributed by atoms with Crippen LogP contribution in [0.2, 0.25) is 0 Å². The summed E-state index contributed by atoms with van der Waals surface area (Å²) in [6, 6.07) is 5.78. The highest BCUT2D eigenvalue weighted by Crippen LogP contribution is 2.41. The molecule has 0 bridgehead atoms. The zero-order chi connectivity index (χ0) is 14.9. The van der Waals surface area contributed by atoms with Gasteiger partial charge in [-0.2, -0.15) is 0 Å². The first-order chi connectivity index (χ1) is 9.43. The highest BCUT2D eigenvalue weighted by molar-refractivity contribution is 7.92. The van der Waals surface area contributed by atoms with Gasteiger partial charge in [0, 0.05) is 0 Å². The molecule has 2 unspecified atom stereocenters. The van der Waals surface area contributed by atoms with E-state index in [1.807, 2.05) is 13.0 Å². The van der Waals surface area contributed by atoms with E-state index in [1.165, 1.54) is 5.56 Å². The van der Waals surface area contributed by atoms with Crippen molar-refractivity contribution in [1.29, 1.82) is 0 Å². The second-order valence-corrected chi connectivity index (χ2v) is 8.01. The van der Waals surface area contributed by atoms with Crippen molar-refractivity contribution in [3.63, 3.8) is 0 Å². The third kappa shape index (κ3) is 2.51. The smallest absolute Gasteiger partial charge is 0.183 e. The summed E-state index contributed by atoms with van der Waals surface area (Å²) < 4.78 is 25.3. The van der Waals surface area contributed by atoms with Gasteiger partial charge in [0.05, 0.1) is 16.2 Å². The van der Waals surface area contributed by atoms with Gasteiger partial charge >= 0.3 is 0 Å². The molecule has 1 aliphatic heterocycles. The summed E-state index contributed by atoms with van der Waals surface area (Å²) in [5.74, 6) is 0.413. The Hall–Kier alpha value is -0.870. The highest BCUT2D eigenvalue weighted by Gasteiger charge is 2.43. The SMILES string of the molecule is CCCNC1c2cc(C(C)C)ccc2S(=O)(=O)C1CC. The Morgan fingerprint density at radius 2 is 1.95 bits per heavy atom. The number of benzene rings is 1. The predicted molar refractivity (Wildman–Crippen MR) is 82.8 cm³/mol. The summed E-state index contributed by atoms with van der Waals surface area (Å²) in [6.45, 7) is 9.18. The minimum atomic E-state index is -3.18. The molecule has 1 aliphatic rings. The Morgan fingerprint density at radius 1 is 1.25 bits per heavy atom. The molecular formula is C16H25NO2S. The van der Waals surface area contributed by atoms with Gasteiger partial charge in [0.25, 0.3) is 0 Å². The normalized spacial score (nSPS) is 24.1. The fraction of sp³-hybridized carbons (Fsp3) is 0.625. The lowest BCUT2D eigenvalue weighted by atomic mass is 9.96. The molecule has 2 rings (SSSR count). The van der Waals surface area contributed by atoms with Gasteiger partial charge in [-0.3, -0.25) is 0 Å². The third-order valence-electron chi connectivity index (χ3n) is 4.13. The minimum Gasteiger partial charge on any atom is -0.309 e. The molecule has 0 saturated carbocycles. The molecule has 3 nitrogen and oxygen atoms in total. The van der Waals surface area contributed by atoms with E-state index in [0.717, 1.165) is 18.5 Å². The molecule has 4 heteroatoms. The van der Waals surface area contributed by atoms with Crippen LogP contribution in [0.15, 0.2) is 23.1 Å². The van der Waals surface area contributed by atoms with Crippen molar-refractivity contribution in [2.45, 2.75) is 62.6 Å². The first kappa shape index (κ1) is 15.5. The molecule has 0 amide bonds. The van der Waals surface area contributed by atoms with E-state index < -0.39 is 9.84 Å². The third-order valence-corrected chi connectivity index (χ3v) is 6.52. The summed E-state index contributed by atoms with van der Waals surface area (Å²) in [4.78, 5) is 0.530. The van der Waals surface area contributed by atoms with E-state index in [-0.39, 0.29) is 11.3 Å². The van der Waals surface area contributed by atoms with Crippen LogP contribution >= 0.6 is 0 Å². The number of nitrogens with one attached hydrogen (secondary N) is 1. The summed E-state index contributed by atoms with van der Waals surface area (Å²) in [6.07, 6.45) is 1.65. The second kappa shape index (κ2) is 5.86. The standard InChI is InChI=1S/C16H25NO2S/c1-5-9-17-16-13-10-12(11(3)4)7-8-15(13)20(18,19)14(16)6-2/h7-8,10-11,14,16-17H,5-6,9H2,1-4H3. The Balaban J connectivity index is 2.52. The van der Waals surface area contributed by atoms with Crippen molar-refractivity contribution in [3.8, 4) is 0 Å². The van der Waals surface area contributed by atoms with Crippen molar-refractivity contribution in [2.24, 2.45) is 0 Å². The second-order valence-electron chi connectivity index (χ2n) is 5.88. The maximum Gasteiger partial charge on any atom is 0.183 e. The predicted octanol–water partition coefficient (Wildman–Crippen LogP) is 3.42. The van der Waals surface area contributed by atoms with Crippen LogP contribution < -0.4 is 5.32 Å². The van der Waals surface area contributed by atoms with E-state index in [0.29, 0.717) is 17.2 Å². The minimum absolute atomic E-state index is 0.0568. The lowest BCUT2D eigenvalue weighted by molar-refractivity contribution is 0.492. The van der Waals surface area contributed by atoms with Gasteiger partial charge in [-0.1, -0.05) is 39.8 Å². The van der Waals surface area contributed by atoms with Gasteiger partial charge in [0.2, 0.25) is 0 Å². The van der Waals surface area contributed by atoms with Gasteiger partial charge < -0.3 is 5.32 Å². The van der Waals surface area contributed by atoms with Crippen LogP contribution in [-0.4, -0.2) is 20.2 Å². The Kier molecular flexibility index (Phi) is 4.55. The van der Waals surface area contributed by atoms with Crippen molar-refractivity contribution < 1.29 is 8.42 Å². The first-order valence-corrected chi connectivity index (χ1v) is 9.09. The molecule has 0 saturated heterocycles. The molecule has 20 heavy (non-hydrogen) atoms. The van der Waals surface area contributed by atoms with E-state index in [2.05, 4.69) is 32.2 Å². The molecule has 0 spiro atoms. The molecule has 0 fully saturated rings. The average Bonchev–Trinajstić information content (AvgIpc) is 2.63. The number of sulfone groups is 1. The van der Waals surface area contributed by atoms with Gasteiger partial charge in [-0.25, -0.2) is 8.42 Å². The van der Waals surface area contributed by atoms with Gasteiger partial charge in [-0.15, -0.1) is 0 Å². The Labute approximate surface area is 122 Å². The molecule has 0 aromatic heterocycles. The number of fused-ring (bicyclic) bond motifs is 1. The molecule has 0 aliphatic carbocycles. The Bertz CT molecular complexity index is 578. The van der Waals surface area contributed by atoms with Crippen molar-refractivity contribution in [2.75, 3.05) is 6.54 Å². The van der Waals surface area contributed by atoms with Crippen LogP contribution in [0.4, 0.5) is 0 Å². The molecule has 1 aromatic carbocycles. The number of hydrogen-bond acceptors (Lipinski definition) is 3. The van der Waals surface area contributed by atoms with Crippen LogP contribution in [0.25, 0.3) is 0 Å². The van der Waals surface area contributed by atoms with Crippen molar-refractivity contribution >= 4 is 9.84 Å². The molecule has 0 radical (unpaired) electrons. The van der Waals surface area contributed by atoms with E-state index in [9.17, 15) is 8.42 Å². The largest absolute Gasteiger partial charge is 0.309 e. The Morgan fingerprint density at radius 3 is 2.50 bits per heavy atom. The van der Waals surface area contributed by atoms with Crippen LogP contribution in [0, 0.1) is 0 Å². The molecular weight excluding hydrogens is 270 g/mol. The average molecular weight is 295 g/mol. The summed E-state index contributed by atoms with van der Waals surface area (Å²) in [7, 11) is -3.18. The number of rotatable bonds is 5. The van der Waals surface area contributed by atoms with Crippen LogP contribution in [0.1, 0.15) is 63.6 Å². The summed E-state index contributed by atoms with van der Waals surface area (Å²) >= 11 is 0. The van der Waals surface area contributed by atoms with E-state index in [4.69, 9.17) is 0 Å². The fourth-order valence-corrected chi connectivity index (χ4v) is 5.11. The molecule has 1 heterocycles. The molecule has 1 N–H and O–H groups in total. The maximum absolute atomic E-state index is 12.6. The van der Waals surface area contributed by atoms with E-state index in [1.54, 1.807) is 6.07 Å². The molecule has 2 atom stereocenters. The van der Waals surface area contributed by atoms with E-state index >= 15 is 0 Å². The van der Waals surface area contributed by atoms with Gasteiger partial charge in [-0.05, 0) is 42.5 Å².